The minimum absolute atomic E-state index is 0.133. The van der Waals surface area contributed by atoms with Gasteiger partial charge in [0.05, 0.1) is 6.10 Å². The Kier molecular flexibility index (Phi) is 5.09. The van der Waals surface area contributed by atoms with Crippen LogP contribution < -0.4 is 4.74 Å². The molecule has 1 aliphatic heterocycles. The van der Waals surface area contributed by atoms with Crippen LogP contribution in [0.5, 0.6) is 11.5 Å². The molecule has 0 spiro atoms. The summed E-state index contributed by atoms with van der Waals surface area (Å²) in [6.07, 6.45) is 2.17. The van der Waals surface area contributed by atoms with Crippen LogP contribution in [0.2, 0.25) is 0 Å². The predicted molar refractivity (Wildman–Crippen MR) is 105 cm³/mol. The van der Waals surface area contributed by atoms with Crippen LogP contribution in [0.1, 0.15) is 36.8 Å². The molecule has 0 radical (unpaired) electrons. The van der Waals surface area contributed by atoms with Crippen molar-refractivity contribution in [3.63, 3.8) is 0 Å². The van der Waals surface area contributed by atoms with Crippen molar-refractivity contribution in [1.29, 1.82) is 0 Å². The summed E-state index contributed by atoms with van der Waals surface area (Å²) in [4.78, 5) is 2.55. The van der Waals surface area contributed by atoms with Crippen molar-refractivity contribution in [2.24, 2.45) is 11.8 Å². The first-order valence-electron chi connectivity index (χ1n) is 9.92. The Morgan fingerprint density at radius 3 is 2.41 bits per heavy atom. The quantitative estimate of drug-likeness (QED) is 0.827. The monoisotopic (exact) mass is 369 g/mol. The van der Waals surface area contributed by atoms with E-state index in [1.807, 2.05) is 25.1 Å². The highest BCUT2D eigenvalue weighted by Gasteiger charge is 2.42. The first-order chi connectivity index (χ1) is 13.0. The molecule has 4 atom stereocenters. The summed E-state index contributed by atoms with van der Waals surface area (Å²) in [7, 11) is 0. The number of benzene rings is 2. The molecular formula is C23H28FNO2. The third-order valence-electron chi connectivity index (χ3n) is 6.16. The normalized spacial score (nSPS) is 26.1. The molecule has 1 N–H and O–H groups in total. The third kappa shape index (κ3) is 4.11. The summed E-state index contributed by atoms with van der Waals surface area (Å²) in [5.41, 5.74) is 2.18. The molecular weight excluding hydrogens is 341 g/mol. The molecule has 4 rings (SSSR count). The zero-order valence-corrected chi connectivity index (χ0v) is 16.1. The molecule has 2 aliphatic rings. The molecule has 1 heterocycles. The molecule has 1 saturated carbocycles. The summed E-state index contributed by atoms with van der Waals surface area (Å²) in [6, 6.07) is 12.7. The molecule has 2 aromatic carbocycles. The molecule has 4 heteroatoms. The number of aryl methyl sites for hydroxylation is 1. The number of fused-ring (bicyclic) bond motifs is 1. The van der Waals surface area contributed by atoms with Crippen LogP contribution in [0.4, 0.5) is 4.39 Å². The molecule has 0 aromatic heterocycles. The van der Waals surface area contributed by atoms with Gasteiger partial charge in [0.15, 0.2) is 11.6 Å². The molecule has 1 saturated heterocycles. The van der Waals surface area contributed by atoms with Crippen LogP contribution in [0, 0.1) is 24.6 Å². The summed E-state index contributed by atoms with van der Waals surface area (Å²) >= 11 is 0. The lowest BCUT2D eigenvalue weighted by molar-refractivity contribution is 0.177. The van der Waals surface area contributed by atoms with Crippen LogP contribution >= 0.6 is 0 Å². The maximum absolute atomic E-state index is 14.0. The van der Waals surface area contributed by atoms with E-state index in [1.54, 1.807) is 18.2 Å². The number of phenols is 1. The van der Waals surface area contributed by atoms with Gasteiger partial charge in [-0.15, -0.1) is 0 Å². The molecule has 2 aromatic rings. The number of hydrogen-bond acceptors (Lipinski definition) is 3. The van der Waals surface area contributed by atoms with Gasteiger partial charge in [0.25, 0.3) is 0 Å². The average Bonchev–Trinajstić information content (AvgIpc) is 3.15. The smallest absolute Gasteiger partial charge is 0.165 e. The van der Waals surface area contributed by atoms with Crippen LogP contribution in [0.25, 0.3) is 0 Å². The Morgan fingerprint density at radius 1 is 1.11 bits per heavy atom. The van der Waals surface area contributed by atoms with Crippen molar-refractivity contribution in [2.45, 2.75) is 38.7 Å². The summed E-state index contributed by atoms with van der Waals surface area (Å²) in [6.45, 7) is 7.37. The van der Waals surface area contributed by atoms with E-state index in [1.165, 1.54) is 11.6 Å². The number of phenolic OH excluding ortho intramolecular Hbond substituents is 1. The minimum Gasteiger partial charge on any atom is -0.508 e. The van der Waals surface area contributed by atoms with Crippen molar-refractivity contribution in [1.82, 2.24) is 4.90 Å². The third-order valence-corrected chi connectivity index (χ3v) is 6.16. The number of rotatable bonds is 5. The lowest BCUT2D eigenvalue weighted by Crippen LogP contribution is -2.28. The number of ether oxygens (including phenoxy) is 1. The van der Waals surface area contributed by atoms with E-state index in [-0.39, 0.29) is 11.9 Å². The predicted octanol–water partition coefficient (Wildman–Crippen LogP) is 4.73. The summed E-state index contributed by atoms with van der Waals surface area (Å²) in [5, 5.41) is 9.45. The van der Waals surface area contributed by atoms with Crippen molar-refractivity contribution < 1.29 is 14.2 Å². The van der Waals surface area contributed by atoms with Crippen LogP contribution in [-0.2, 0) is 0 Å². The van der Waals surface area contributed by atoms with Crippen molar-refractivity contribution in [2.75, 3.05) is 19.6 Å². The number of likely N-dealkylation sites (tertiary alicyclic amines) is 1. The van der Waals surface area contributed by atoms with E-state index in [4.69, 9.17) is 4.74 Å². The zero-order valence-electron chi connectivity index (χ0n) is 16.1. The number of halogens is 1. The summed E-state index contributed by atoms with van der Waals surface area (Å²) in [5.74, 6) is 2.20. The highest BCUT2D eigenvalue weighted by molar-refractivity contribution is 5.29. The van der Waals surface area contributed by atoms with E-state index in [9.17, 15) is 9.50 Å². The van der Waals surface area contributed by atoms with Gasteiger partial charge < -0.3 is 14.7 Å². The number of aromatic hydroxyl groups is 1. The largest absolute Gasteiger partial charge is 0.508 e. The fraction of sp³-hybridized carbons (Fsp3) is 0.478. The molecule has 27 heavy (non-hydrogen) atoms. The molecule has 0 bridgehead atoms. The lowest BCUT2D eigenvalue weighted by Gasteiger charge is -2.23. The van der Waals surface area contributed by atoms with Crippen molar-refractivity contribution >= 4 is 0 Å². The van der Waals surface area contributed by atoms with Gasteiger partial charge >= 0.3 is 0 Å². The first kappa shape index (κ1) is 18.3. The highest BCUT2D eigenvalue weighted by Crippen LogP contribution is 2.40. The standard InChI is InChI=1S/C23H28FNO2/c1-15-3-8-23(22(24)9-15)27-21-10-18-13-25(14-19(18)11-21)12-16(2)17-4-6-20(26)7-5-17/h3-9,16,18-19,21,26H,10-14H2,1-2H3/t16?,18-,19+,21+. The van der Waals surface area contributed by atoms with Crippen LogP contribution in [0.3, 0.4) is 0 Å². The van der Waals surface area contributed by atoms with Gasteiger partial charge in [-0.1, -0.05) is 25.1 Å². The molecule has 144 valence electrons. The van der Waals surface area contributed by atoms with Gasteiger partial charge in [0, 0.05) is 19.6 Å². The van der Waals surface area contributed by atoms with Gasteiger partial charge in [-0.3, -0.25) is 0 Å². The average molecular weight is 369 g/mol. The van der Waals surface area contributed by atoms with Crippen molar-refractivity contribution in [3.05, 3.63) is 59.4 Å². The first-order valence-corrected chi connectivity index (χ1v) is 9.92. The molecule has 2 fully saturated rings. The zero-order chi connectivity index (χ0) is 19.0. The van der Waals surface area contributed by atoms with Gasteiger partial charge in [-0.25, -0.2) is 4.39 Å². The van der Waals surface area contributed by atoms with Gasteiger partial charge in [0.1, 0.15) is 5.75 Å². The number of hydrogen-bond donors (Lipinski definition) is 1. The lowest BCUT2D eigenvalue weighted by atomic mass is 10.0. The minimum atomic E-state index is -0.253. The van der Waals surface area contributed by atoms with Gasteiger partial charge in [-0.05, 0) is 72.9 Å². The van der Waals surface area contributed by atoms with Crippen LogP contribution in [0.15, 0.2) is 42.5 Å². The Labute approximate surface area is 160 Å². The van der Waals surface area contributed by atoms with E-state index in [2.05, 4.69) is 11.8 Å². The number of nitrogens with zero attached hydrogens (tertiary/aromatic N) is 1. The van der Waals surface area contributed by atoms with Crippen LogP contribution in [-0.4, -0.2) is 35.7 Å². The van der Waals surface area contributed by atoms with E-state index >= 15 is 0 Å². The Bertz CT molecular complexity index is 777. The second-order valence-corrected chi connectivity index (χ2v) is 8.38. The molecule has 1 unspecified atom stereocenters. The molecule has 3 nitrogen and oxygen atoms in total. The van der Waals surface area contributed by atoms with E-state index in [0.29, 0.717) is 29.3 Å². The topological polar surface area (TPSA) is 32.7 Å². The maximum Gasteiger partial charge on any atom is 0.165 e. The Balaban J connectivity index is 1.29. The summed E-state index contributed by atoms with van der Waals surface area (Å²) < 4.78 is 20.0. The Hall–Kier alpha value is -2.07. The fourth-order valence-corrected chi connectivity index (χ4v) is 4.76. The van der Waals surface area contributed by atoms with E-state index in [0.717, 1.165) is 38.0 Å². The molecule has 1 aliphatic carbocycles. The highest BCUT2D eigenvalue weighted by atomic mass is 19.1. The second kappa shape index (κ2) is 7.51. The second-order valence-electron chi connectivity index (χ2n) is 8.38. The van der Waals surface area contributed by atoms with Gasteiger partial charge in [0.2, 0.25) is 0 Å². The van der Waals surface area contributed by atoms with Gasteiger partial charge in [-0.2, -0.15) is 0 Å². The SMILES string of the molecule is Cc1ccc(O[C@H]2C[C@@H]3CN(CC(C)c4ccc(O)cc4)C[C@@H]3C2)c(F)c1. The fourth-order valence-electron chi connectivity index (χ4n) is 4.76. The molecule has 0 amide bonds. The maximum atomic E-state index is 14.0. The Morgan fingerprint density at radius 2 is 1.78 bits per heavy atom. The van der Waals surface area contributed by atoms with Crippen molar-refractivity contribution in [3.8, 4) is 11.5 Å². The van der Waals surface area contributed by atoms with E-state index < -0.39 is 0 Å².